The van der Waals surface area contributed by atoms with Crippen LogP contribution in [0.1, 0.15) is 50.6 Å². The van der Waals surface area contributed by atoms with Crippen molar-refractivity contribution in [2.45, 2.75) is 40.8 Å². The molecule has 0 fully saturated rings. The van der Waals surface area contributed by atoms with Crippen molar-refractivity contribution >= 4 is 35.3 Å². The van der Waals surface area contributed by atoms with Gasteiger partial charge in [0.1, 0.15) is 11.4 Å². The number of nitrogens with zero attached hydrogens (tertiary/aromatic N) is 4. The molecule has 0 aliphatic carbocycles. The molecule has 1 aromatic heterocycles. The van der Waals surface area contributed by atoms with Gasteiger partial charge < -0.3 is 19.5 Å². The molecule has 0 saturated heterocycles. The second-order valence-corrected chi connectivity index (χ2v) is 10.0. The summed E-state index contributed by atoms with van der Waals surface area (Å²) in [5, 5.41) is 13.0. The molecule has 0 radical (unpaired) electrons. The average Bonchev–Trinajstić information content (AvgIpc) is 3.60. The van der Waals surface area contributed by atoms with Gasteiger partial charge in [0.2, 0.25) is 23.9 Å². The molecular formula is C32H29N5O7. The zero-order valence-electron chi connectivity index (χ0n) is 24.7. The highest BCUT2D eigenvalue weighted by Gasteiger charge is 2.38. The van der Waals surface area contributed by atoms with Gasteiger partial charge >= 0.3 is 11.9 Å². The molecule has 2 heterocycles. The van der Waals surface area contributed by atoms with Crippen molar-refractivity contribution in [2.75, 3.05) is 5.32 Å². The number of ether oxygens (including phenoxy) is 3. The third-order valence-corrected chi connectivity index (χ3v) is 6.45. The molecule has 0 saturated carbocycles. The summed E-state index contributed by atoms with van der Waals surface area (Å²) in [7, 11) is 0. The van der Waals surface area contributed by atoms with Crippen LogP contribution in [0.4, 0.5) is 5.69 Å². The van der Waals surface area contributed by atoms with Gasteiger partial charge in [-0.2, -0.15) is 10.1 Å². The fourth-order valence-electron chi connectivity index (χ4n) is 4.59. The normalized spacial score (nSPS) is 14.0. The summed E-state index contributed by atoms with van der Waals surface area (Å²) in [5.74, 6) is -2.38. The highest BCUT2D eigenvalue weighted by atomic mass is 16.6. The molecule has 1 unspecified atom stereocenters. The average molecular weight is 596 g/mol. The van der Waals surface area contributed by atoms with Crippen molar-refractivity contribution in [2.24, 2.45) is 5.10 Å². The second kappa shape index (κ2) is 12.2. The minimum Gasteiger partial charge on any atom is -0.445 e. The number of esters is 2. The van der Waals surface area contributed by atoms with E-state index in [-0.39, 0.29) is 28.6 Å². The molecule has 12 heteroatoms. The monoisotopic (exact) mass is 595 g/mol. The number of aromatic nitrogens is 2. The first-order valence-corrected chi connectivity index (χ1v) is 13.6. The summed E-state index contributed by atoms with van der Waals surface area (Å²) in [6, 6.07) is 19.9. The van der Waals surface area contributed by atoms with Gasteiger partial charge in [0, 0.05) is 45.5 Å². The SMILES string of the molecule is CC(=O)Nc1cc(OC(C)=O)c(C2=NN(C(C)=O)C(c3cn(-c4ccccc4)nc3-c3ccc(C)cc3)O2)cc1OC(C)=O. The Balaban J connectivity index is 1.64. The molecule has 2 amide bonds. The quantitative estimate of drug-likeness (QED) is 0.235. The molecule has 12 nitrogen and oxygen atoms in total. The van der Waals surface area contributed by atoms with Crippen molar-refractivity contribution in [3.8, 4) is 28.4 Å². The highest BCUT2D eigenvalue weighted by molar-refractivity contribution is 6.02. The van der Waals surface area contributed by atoms with Gasteiger partial charge in [0.05, 0.1) is 22.5 Å². The van der Waals surface area contributed by atoms with Gasteiger partial charge in [-0.1, -0.05) is 48.0 Å². The van der Waals surface area contributed by atoms with Crippen LogP contribution < -0.4 is 14.8 Å². The molecule has 0 spiro atoms. The summed E-state index contributed by atoms with van der Waals surface area (Å²) in [6.45, 7) is 7.00. The first kappa shape index (κ1) is 29.7. The van der Waals surface area contributed by atoms with E-state index < -0.39 is 30.0 Å². The fourth-order valence-corrected chi connectivity index (χ4v) is 4.59. The van der Waals surface area contributed by atoms with E-state index in [0.29, 0.717) is 11.3 Å². The first-order chi connectivity index (χ1) is 21.0. The molecule has 1 aliphatic heterocycles. The number of hydrazone groups is 1. The van der Waals surface area contributed by atoms with Crippen molar-refractivity contribution in [3.05, 3.63) is 89.6 Å². The minimum atomic E-state index is -1.06. The Morgan fingerprint density at radius 1 is 0.864 bits per heavy atom. The Labute approximate surface area is 252 Å². The van der Waals surface area contributed by atoms with Crippen LogP contribution in [-0.4, -0.2) is 44.4 Å². The van der Waals surface area contributed by atoms with Crippen LogP contribution in [-0.2, 0) is 23.9 Å². The lowest BCUT2D eigenvalue weighted by Crippen LogP contribution is -2.25. The predicted octanol–water partition coefficient (Wildman–Crippen LogP) is 4.90. The van der Waals surface area contributed by atoms with Crippen LogP contribution >= 0.6 is 0 Å². The molecule has 44 heavy (non-hydrogen) atoms. The number of hydrogen-bond acceptors (Lipinski definition) is 9. The minimum absolute atomic E-state index is 0.0417. The van der Waals surface area contributed by atoms with Crippen LogP contribution in [0, 0.1) is 6.92 Å². The maximum atomic E-state index is 12.9. The third kappa shape index (κ3) is 6.33. The highest BCUT2D eigenvalue weighted by Crippen LogP contribution is 2.40. The van der Waals surface area contributed by atoms with Crippen molar-refractivity contribution in [3.63, 3.8) is 0 Å². The van der Waals surface area contributed by atoms with Gasteiger partial charge in [-0.3, -0.25) is 19.2 Å². The molecule has 1 N–H and O–H groups in total. The van der Waals surface area contributed by atoms with E-state index in [9.17, 15) is 19.2 Å². The van der Waals surface area contributed by atoms with Crippen LogP contribution in [0.3, 0.4) is 0 Å². The number of rotatable bonds is 7. The van der Waals surface area contributed by atoms with Crippen LogP contribution in [0.25, 0.3) is 16.9 Å². The Morgan fingerprint density at radius 2 is 1.52 bits per heavy atom. The molecular weight excluding hydrogens is 566 g/mol. The van der Waals surface area contributed by atoms with Crippen LogP contribution in [0.15, 0.2) is 78.0 Å². The lowest BCUT2D eigenvalue weighted by atomic mass is 10.1. The molecule has 5 rings (SSSR count). The van der Waals surface area contributed by atoms with Gasteiger partial charge in [-0.15, -0.1) is 5.10 Å². The van der Waals surface area contributed by atoms with Gasteiger partial charge in [0.25, 0.3) is 0 Å². The summed E-state index contributed by atoms with van der Waals surface area (Å²) in [5.41, 5.74) is 3.92. The number of aryl methyl sites for hydroxylation is 1. The lowest BCUT2D eigenvalue weighted by molar-refractivity contribution is -0.135. The van der Waals surface area contributed by atoms with E-state index in [0.717, 1.165) is 21.8 Å². The number of carbonyl (C=O) groups excluding carboxylic acids is 4. The summed E-state index contributed by atoms with van der Waals surface area (Å²) < 4.78 is 18.8. The van der Waals surface area contributed by atoms with E-state index >= 15 is 0 Å². The number of carbonyl (C=O) groups is 4. The van der Waals surface area contributed by atoms with Gasteiger partial charge in [-0.05, 0) is 25.1 Å². The molecule has 0 bridgehead atoms. The van der Waals surface area contributed by atoms with Crippen molar-refractivity contribution < 1.29 is 33.4 Å². The fraction of sp³-hybridized carbons (Fsp3) is 0.188. The number of nitrogens with one attached hydrogen (secondary N) is 1. The first-order valence-electron chi connectivity index (χ1n) is 13.6. The van der Waals surface area contributed by atoms with E-state index in [1.165, 1.54) is 39.8 Å². The summed E-state index contributed by atoms with van der Waals surface area (Å²) in [4.78, 5) is 48.7. The zero-order chi connectivity index (χ0) is 31.5. The maximum Gasteiger partial charge on any atom is 0.308 e. The Kier molecular flexibility index (Phi) is 8.25. The lowest BCUT2D eigenvalue weighted by Gasteiger charge is -2.19. The standard InChI is InChI=1S/C32H29N5O7/c1-18-11-13-23(14-12-18)30-26(17-36(34-30)24-9-7-6-8-10-24)32-37(20(3)39)35-31(44-32)25-15-29(43-22(5)41)27(33-19(2)38)16-28(25)42-21(4)40/h6-17,32H,1-5H3,(H,33,38). The number of anilines is 1. The predicted molar refractivity (Wildman–Crippen MR) is 160 cm³/mol. The topological polar surface area (TPSA) is 141 Å². The molecule has 1 atom stereocenters. The molecule has 3 aromatic carbocycles. The Morgan fingerprint density at radius 3 is 2.14 bits per heavy atom. The van der Waals surface area contributed by atoms with E-state index in [2.05, 4.69) is 10.4 Å². The van der Waals surface area contributed by atoms with Crippen LogP contribution in [0.5, 0.6) is 11.5 Å². The smallest absolute Gasteiger partial charge is 0.308 e. The van der Waals surface area contributed by atoms with Gasteiger partial charge in [0.15, 0.2) is 5.75 Å². The summed E-state index contributed by atoms with van der Waals surface area (Å²) in [6.07, 6.45) is 0.703. The summed E-state index contributed by atoms with van der Waals surface area (Å²) >= 11 is 0. The van der Waals surface area contributed by atoms with Crippen molar-refractivity contribution in [1.82, 2.24) is 14.8 Å². The second-order valence-electron chi connectivity index (χ2n) is 10.0. The number of hydrogen-bond donors (Lipinski definition) is 1. The Bertz CT molecular complexity index is 1800. The molecule has 1 aliphatic rings. The van der Waals surface area contributed by atoms with E-state index in [1.807, 2.05) is 61.5 Å². The largest absolute Gasteiger partial charge is 0.445 e. The number of para-hydroxylation sites is 1. The maximum absolute atomic E-state index is 12.9. The molecule has 4 aromatic rings. The van der Waals surface area contributed by atoms with Crippen molar-refractivity contribution in [1.29, 1.82) is 0 Å². The van der Waals surface area contributed by atoms with Crippen LogP contribution in [0.2, 0.25) is 0 Å². The van der Waals surface area contributed by atoms with Gasteiger partial charge in [-0.25, -0.2) is 4.68 Å². The third-order valence-electron chi connectivity index (χ3n) is 6.45. The van der Waals surface area contributed by atoms with E-state index in [1.54, 1.807) is 10.9 Å². The number of benzene rings is 3. The number of amides is 2. The Hall–Kier alpha value is -5.78. The molecule has 224 valence electrons. The zero-order valence-corrected chi connectivity index (χ0v) is 24.7. The van der Waals surface area contributed by atoms with E-state index in [4.69, 9.17) is 19.3 Å².